The Bertz CT molecular complexity index is 1730. The smallest absolute Gasteiger partial charge is 0.306 e. The van der Waals surface area contributed by atoms with E-state index in [0.29, 0.717) is 19.3 Å². The van der Waals surface area contributed by atoms with Crippen LogP contribution >= 0.6 is 0 Å². The van der Waals surface area contributed by atoms with Gasteiger partial charge >= 0.3 is 17.9 Å². The molecule has 0 aliphatic heterocycles. The van der Waals surface area contributed by atoms with Crippen LogP contribution in [0.3, 0.4) is 0 Å². The van der Waals surface area contributed by atoms with Crippen molar-refractivity contribution >= 4 is 17.9 Å². The summed E-state index contributed by atoms with van der Waals surface area (Å²) in [4.78, 5) is 37.9. The molecule has 446 valence electrons. The molecule has 0 aromatic carbocycles. The molecule has 6 heteroatoms. The van der Waals surface area contributed by atoms with Gasteiger partial charge in [0, 0.05) is 19.3 Å². The van der Waals surface area contributed by atoms with Gasteiger partial charge in [-0.25, -0.2) is 0 Å². The normalized spacial score (nSPS) is 13.1. The van der Waals surface area contributed by atoms with Crippen molar-refractivity contribution in [2.45, 2.75) is 284 Å². The van der Waals surface area contributed by atoms with Gasteiger partial charge < -0.3 is 14.2 Å². The average molecular weight is 1090 g/mol. The lowest BCUT2D eigenvalue weighted by Crippen LogP contribution is -2.30. The third-order valence-corrected chi connectivity index (χ3v) is 13.3. The quantitative estimate of drug-likeness (QED) is 0.0261. The summed E-state index contributed by atoms with van der Waals surface area (Å²) >= 11 is 0. The van der Waals surface area contributed by atoms with Gasteiger partial charge in [0.1, 0.15) is 13.2 Å². The van der Waals surface area contributed by atoms with E-state index in [0.717, 1.165) is 135 Å². The molecule has 0 spiro atoms. The Morgan fingerprint density at radius 2 is 0.506 bits per heavy atom. The molecule has 0 fully saturated rings. The van der Waals surface area contributed by atoms with Crippen molar-refractivity contribution < 1.29 is 28.6 Å². The topological polar surface area (TPSA) is 78.9 Å². The van der Waals surface area contributed by atoms with Crippen molar-refractivity contribution in [1.82, 2.24) is 0 Å². The van der Waals surface area contributed by atoms with Crippen LogP contribution < -0.4 is 0 Å². The summed E-state index contributed by atoms with van der Waals surface area (Å²) in [7, 11) is 0. The number of carbonyl (C=O) groups is 3. The molecule has 0 bridgehead atoms. The molecule has 0 saturated carbocycles. The Kier molecular flexibility index (Phi) is 61.9. The number of unbranched alkanes of at least 4 members (excludes halogenated alkanes) is 22. The summed E-state index contributed by atoms with van der Waals surface area (Å²) < 4.78 is 16.7. The first-order valence-electron chi connectivity index (χ1n) is 32.3. The molecule has 0 aromatic rings. The van der Waals surface area contributed by atoms with E-state index in [9.17, 15) is 14.4 Å². The molecule has 1 atom stereocenters. The molecule has 0 saturated heterocycles. The zero-order valence-corrected chi connectivity index (χ0v) is 51.1. The predicted molar refractivity (Wildman–Crippen MR) is 343 cm³/mol. The number of esters is 3. The van der Waals surface area contributed by atoms with Gasteiger partial charge in [0.15, 0.2) is 6.10 Å². The van der Waals surface area contributed by atoms with Gasteiger partial charge in [0.2, 0.25) is 0 Å². The van der Waals surface area contributed by atoms with Gasteiger partial charge in [-0.1, -0.05) is 289 Å². The number of rotatable bonds is 57. The van der Waals surface area contributed by atoms with E-state index < -0.39 is 6.10 Å². The van der Waals surface area contributed by atoms with E-state index in [1.54, 1.807) is 0 Å². The minimum absolute atomic E-state index is 0.103. The maximum absolute atomic E-state index is 12.8. The van der Waals surface area contributed by atoms with E-state index in [-0.39, 0.29) is 37.5 Å². The fraction of sp³-hybridized carbons (Fsp3) is 0.630. The van der Waals surface area contributed by atoms with Crippen molar-refractivity contribution in [3.8, 4) is 0 Å². The SMILES string of the molecule is CC/C=C\C/C=C\C/C=C\C/C=C\C/C=C\C/C=C\C/C=C\CCCC(=O)OC(COC(=O)CCCCCCC)COC(=O)CCCCCCCCCCCCCCCCCCC/C=C\C/C=C\C/C=C\C/C=C\C/C=C\CC. The highest BCUT2D eigenvalue weighted by Gasteiger charge is 2.19. The zero-order chi connectivity index (χ0) is 57.1. The van der Waals surface area contributed by atoms with Crippen LogP contribution in [0.25, 0.3) is 0 Å². The predicted octanol–water partition coefficient (Wildman–Crippen LogP) is 22.3. The number of hydrogen-bond donors (Lipinski definition) is 0. The summed E-state index contributed by atoms with van der Waals surface area (Å²) in [6.07, 6.45) is 94.9. The number of carbonyl (C=O) groups excluding carboxylic acids is 3. The van der Waals surface area contributed by atoms with Gasteiger partial charge in [0.25, 0.3) is 0 Å². The fourth-order valence-corrected chi connectivity index (χ4v) is 8.58. The van der Waals surface area contributed by atoms with Crippen LogP contribution in [-0.4, -0.2) is 37.2 Å². The molecule has 0 heterocycles. The van der Waals surface area contributed by atoms with E-state index in [1.807, 2.05) is 0 Å². The molecule has 0 aliphatic rings. The van der Waals surface area contributed by atoms with E-state index in [2.05, 4.69) is 167 Å². The second kappa shape index (κ2) is 65.8. The zero-order valence-electron chi connectivity index (χ0n) is 51.1. The fourth-order valence-electron chi connectivity index (χ4n) is 8.58. The summed E-state index contributed by atoms with van der Waals surface area (Å²) in [5.41, 5.74) is 0. The third-order valence-electron chi connectivity index (χ3n) is 13.3. The molecule has 79 heavy (non-hydrogen) atoms. The van der Waals surface area contributed by atoms with Gasteiger partial charge in [-0.2, -0.15) is 0 Å². The Balaban J connectivity index is 4.08. The van der Waals surface area contributed by atoms with Gasteiger partial charge in [-0.05, 0) is 116 Å². The highest BCUT2D eigenvalue weighted by Crippen LogP contribution is 2.16. The molecular weight excluding hydrogens is 973 g/mol. The van der Waals surface area contributed by atoms with Crippen molar-refractivity contribution in [3.05, 3.63) is 146 Å². The van der Waals surface area contributed by atoms with Crippen molar-refractivity contribution in [2.75, 3.05) is 13.2 Å². The van der Waals surface area contributed by atoms with Crippen LogP contribution in [0, 0.1) is 0 Å². The van der Waals surface area contributed by atoms with Crippen LogP contribution in [0.1, 0.15) is 278 Å². The third kappa shape index (κ3) is 64.0. The Morgan fingerprint density at radius 3 is 0.810 bits per heavy atom. The standard InChI is InChI=1S/C73H118O6/c1-4-7-10-13-15-17-19-21-23-25-27-29-31-32-33-34-35-36-37-38-39-40-42-43-45-47-49-51-53-55-57-60-63-66-72(75)78-69-70(68-77-71(74)65-62-59-12-9-6-3)79-73(76)67-64-61-58-56-54-52-50-48-46-44-41-30-28-26-24-22-20-18-16-14-11-8-5-2/h7-8,10-11,15-18,21-24,27-30,32-33,44,46,50,52,56,58,70H,4-6,9,12-14,19-20,25-26,31,34-43,45,47-49,51,53-55,57,59-69H2,1-3H3/b10-7-,11-8-,17-15-,18-16-,23-21-,24-22-,29-27-,30-28-,33-32-,46-44-,52-50-,58-56-. The Morgan fingerprint density at radius 1 is 0.266 bits per heavy atom. The van der Waals surface area contributed by atoms with E-state index in [1.165, 1.54) is 96.3 Å². The molecule has 0 radical (unpaired) electrons. The molecule has 1 unspecified atom stereocenters. The molecule has 0 N–H and O–H groups in total. The maximum atomic E-state index is 12.8. The first-order chi connectivity index (χ1) is 39.0. The van der Waals surface area contributed by atoms with E-state index in [4.69, 9.17) is 14.2 Å². The minimum atomic E-state index is -0.809. The van der Waals surface area contributed by atoms with Crippen LogP contribution in [0.5, 0.6) is 0 Å². The lowest BCUT2D eigenvalue weighted by atomic mass is 10.0. The lowest BCUT2D eigenvalue weighted by Gasteiger charge is -2.18. The summed E-state index contributed by atoms with van der Waals surface area (Å²) in [6.45, 7) is 6.28. The van der Waals surface area contributed by atoms with Gasteiger partial charge in [0.05, 0.1) is 0 Å². The largest absolute Gasteiger partial charge is 0.462 e. The molecule has 6 nitrogen and oxygen atoms in total. The second-order valence-corrected chi connectivity index (χ2v) is 20.9. The first kappa shape index (κ1) is 74.3. The molecule has 0 rings (SSSR count). The maximum Gasteiger partial charge on any atom is 0.306 e. The average Bonchev–Trinajstić information content (AvgIpc) is 3.45. The second-order valence-electron chi connectivity index (χ2n) is 20.9. The van der Waals surface area contributed by atoms with Crippen LogP contribution in [0.4, 0.5) is 0 Å². The summed E-state index contributed by atoms with van der Waals surface area (Å²) in [5, 5.41) is 0. The van der Waals surface area contributed by atoms with Crippen molar-refractivity contribution in [1.29, 1.82) is 0 Å². The molecular formula is C73H118O6. The highest BCUT2D eigenvalue weighted by molar-refractivity contribution is 5.71. The number of hydrogen-bond acceptors (Lipinski definition) is 6. The molecule has 0 aliphatic carbocycles. The summed E-state index contributed by atoms with van der Waals surface area (Å²) in [5.74, 6) is -0.978. The Labute approximate surface area is 487 Å². The van der Waals surface area contributed by atoms with Crippen molar-refractivity contribution in [3.63, 3.8) is 0 Å². The molecule has 0 aromatic heterocycles. The minimum Gasteiger partial charge on any atom is -0.462 e. The molecule has 0 amide bonds. The number of ether oxygens (including phenoxy) is 3. The number of allylic oxidation sites excluding steroid dienone is 24. The first-order valence-corrected chi connectivity index (χ1v) is 32.3. The lowest BCUT2D eigenvalue weighted by molar-refractivity contribution is -0.167. The Hall–Kier alpha value is -4.71. The van der Waals surface area contributed by atoms with Gasteiger partial charge in [-0.15, -0.1) is 0 Å². The highest BCUT2D eigenvalue weighted by atomic mass is 16.6. The summed E-state index contributed by atoms with van der Waals surface area (Å²) in [6, 6.07) is 0. The van der Waals surface area contributed by atoms with Gasteiger partial charge in [-0.3, -0.25) is 14.4 Å². The van der Waals surface area contributed by atoms with Crippen LogP contribution in [-0.2, 0) is 28.6 Å². The van der Waals surface area contributed by atoms with Crippen LogP contribution in [0.15, 0.2) is 146 Å². The van der Waals surface area contributed by atoms with E-state index >= 15 is 0 Å². The van der Waals surface area contributed by atoms with Crippen LogP contribution in [0.2, 0.25) is 0 Å². The monoisotopic (exact) mass is 1090 g/mol. The van der Waals surface area contributed by atoms with Crippen molar-refractivity contribution in [2.24, 2.45) is 0 Å².